The van der Waals surface area contributed by atoms with E-state index in [4.69, 9.17) is 20.1 Å². The third kappa shape index (κ3) is 9.57. The molecule has 0 aliphatic carbocycles. The van der Waals surface area contributed by atoms with Gasteiger partial charge in [0, 0.05) is 41.7 Å². The van der Waals surface area contributed by atoms with E-state index in [1.807, 2.05) is 0 Å². The number of carbonyl (C=O) groups is 2. The molecule has 78 valence electrons. The van der Waals surface area contributed by atoms with Gasteiger partial charge in [0.05, 0.1) is 0 Å². The van der Waals surface area contributed by atoms with Crippen LogP contribution in [0, 0.1) is 41.7 Å². The average molecular weight is 352 g/mol. The first-order valence-electron chi connectivity index (χ1n) is 2.40. The van der Waals surface area contributed by atoms with Gasteiger partial charge in [-0.15, -0.1) is 0 Å². The van der Waals surface area contributed by atoms with Gasteiger partial charge in [0.2, 0.25) is 0 Å². The van der Waals surface area contributed by atoms with E-state index in [1.165, 1.54) is 0 Å². The molecule has 1 aromatic rings. The quantitative estimate of drug-likeness (QED) is 0.597. The maximum atomic E-state index is 9.79. The summed E-state index contributed by atoms with van der Waals surface area (Å²) in [5.41, 5.74) is 0. The Morgan fingerprint density at radius 2 is 1.71 bits per heavy atom. The molecule has 0 fully saturated rings. The second-order valence-corrected chi connectivity index (χ2v) is 2.26. The predicted molar refractivity (Wildman–Crippen MR) is 30.0 cm³/mol. The van der Waals surface area contributed by atoms with Crippen LogP contribution in [-0.4, -0.2) is 17.4 Å². The fourth-order valence-corrected chi connectivity index (χ4v) is 0.689. The molecule has 0 bridgehead atoms. The van der Waals surface area contributed by atoms with Gasteiger partial charge in [0.1, 0.15) is 0 Å². The van der Waals surface area contributed by atoms with Crippen LogP contribution in [0.4, 0.5) is 9.59 Å². The molecule has 0 saturated heterocycles. The van der Waals surface area contributed by atoms with Crippen LogP contribution in [-0.2, 0) is 0 Å². The number of hydrogen-bond donors (Lipinski definition) is 1. The van der Waals surface area contributed by atoms with E-state index >= 15 is 0 Å². The summed E-state index contributed by atoms with van der Waals surface area (Å²) < 4.78 is 12.0. The molecule has 1 aromatic heterocycles. The van der Waals surface area contributed by atoms with E-state index in [-0.39, 0.29) is 41.7 Å². The second kappa shape index (κ2) is 7.85. The minimum Gasteiger partial charge on any atom is -0.652 e. The van der Waals surface area contributed by atoms with Crippen LogP contribution in [0.3, 0.4) is 0 Å². The van der Waals surface area contributed by atoms with Gasteiger partial charge in [-0.2, -0.15) is 0 Å². The zero-order valence-electron chi connectivity index (χ0n) is 6.16. The molecule has 0 aliphatic rings. The van der Waals surface area contributed by atoms with Crippen molar-refractivity contribution >= 4 is 20.6 Å². The Hall–Kier alpha value is -0.513. The van der Waals surface area contributed by atoms with Gasteiger partial charge in [-0.05, 0) is 6.16 Å². The van der Waals surface area contributed by atoms with Crippen molar-refractivity contribution in [3.63, 3.8) is 0 Å². The van der Waals surface area contributed by atoms with Crippen molar-refractivity contribution in [2.75, 3.05) is 0 Å². The molecule has 0 aromatic carbocycles. The molecule has 1 rings (SSSR count). The normalized spacial score (nSPS) is 7.71. The van der Waals surface area contributed by atoms with E-state index in [0.717, 1.165) is 0 Å². The molecule has 11 heteroatoms. The molecule has 1 heterocycles. The average Bonchev–Trinajstić information content (AvgIpc) is 1.81. The van der Waals surface area contributed by atoms with Crippen molar-refractivity contribution in [1.29, 1.82) is 0 Å². The van der Waals surface area contributed by atoms with Crippen molar-refractivity contribution in [3.8, 4) is 0 Å². The number of carboxylic acid groups (broad SMARTS) is 3. The van der Waals surface area contributed by atoms with Crippen LogP contribution in [0.2, 0.25) is 0 Å². The minimum absolute atomic E-state index is 0. The van der Waals surface area contributed by atoms with Crippen molar-refractivity contribution in [2.45, 2.75) is 0 Å². The molecule has 0 amide bonds. The van der Waals surface area contributed by atoms with E-state index < -0.39 is 26.4 Å². The van der Waals surface area contributed by atoms with Crippen LogP contribution in [0.25, 0.3) is 0 Å². The summed E-state index contributed by atoms with van der Waals surface area (Å²) in [6.45, 7) is 0. The van der Waals surface area contributed by atoms with E-state index in [1.54, 1.807) is 0 Å². The Labute approximate surface area is 110 Å². The largest absolute Gasteiger partial charge is 0.652 e. The molecule has 0 spiro atoms. The molecule has 0 aliphatic heterocycles. The van der Waals surface area contributed by atoms with E-state index in [0.29, 0.717) is 0 Å². The third-order valence-corrected chi connectivity index (χ3v) is 1.35. The second-order valence-electron chi connectivity index (χ2n) is 1.26. The van der Waals surface area contributed by atoms with Gasteiger partial charge < -0.3 is 33.0 Å². The summed E-state index contributed by atoms with van der Waals surface area (Å²) >= 11 is 0. The van der Waals surface area contributed by atoms with E-state index in [2.05, 4.69) is 12.9 Å². The summed E-state index contributed by atoms with van der Waals surface area (Å²) in [7, 11) is -1.93. The zero-order valence-corrected chi connectivity index (χ0v) is 10.2. The van der Waals surface area contributed by atoms with Gasteiger partial charge in [0.15, 0.2) is 0 Å². The molecule has 1 N–H and O–H groups in total. The van der Waals surface area contributed by atoms with Crippen LogP contribution in [0.15, 0.2) is 13.2 Å². The maximum absolute atomic E-state index is 9.79. The number of hydrogen-bond acceptors (Lipinski definition) is 8. The van der Waals surface area contributed by atoms with Gasteiger partial charge in [0.25, 0.3) is 0 Å². The topological polar surface area (TPSA) is 153 Å². The smallest absolute Gasteiger partial charge is 0.532 e. The first-order valence-corrected chi connectivity index (χ1v) is 3.50. The van der Waals surface area contributed by atoms with Crippen molar-refractivity contribution in [3.05, 3.63) is 10.6 Å². The molecular formula is C3HCeO9P-2. The van der Waals surface area contributed by atoms with Crippen LogP contribution < -0.4 is 20.6 Å². The standard InChI is InChI=1S/C2HO6P.CH2O3.Ce/c3-1(4)6-9-7-2(5)8-9;2-1(3)4;/h(H,3,4);(H2,2,3,4);/p-2. The summed E-state index contributed by atoms with van der Waals surface area (Å²) in [5.74, 6) is -0.901. The fourth-order valence-electron chi connectivity index (χ4n) is 0.230. The van der Waals surface area contributed by atoms with Crippen LogP contribution >= 0.6 is 8.24 Å². The van der Waals surface area contributed by atoms with Gasteiger partial charge in [-0.25, -0.2) is 9.59 Å². The Morgan fingerprint density at radius 1 is 1.36 bits per heavy atom. The van der Waals surface area contributed by atoms with Gasteiger partial charge >= 0.3 is 20.2 Å². The summed E-state index contributed by atoms with van der Waals surface area (Å²) in [4.78, 5) is 27.8. The van der Waals surface area contributed by atoms with Crippen LogP contribution in [0.5, 0.6) is 0 Å². The van der Waals surface area contributed by atoms with Gasteiger partial charge in [-0.3, -0.25) is 0 Å². The molecule has 0 saturated carbocycles. The molecular weight excluding hydrogens is 351 g/mol. The Bertz CT molecular complexity index is 313. The van der Waals surface area contributed by atoms with E-state index in [9.17, 15) is 9.59 Å². The van der Waals surface area contributed by atoms with Crippen molar-refractivity contribution in [1.82, 2.24) is 0 Å². The van der Waals surface area contributed by atoms with Gasteiger partial charge in [-0.1, -0.05) is 0 Å². The maximum Gasteiger partial charge on any atom is 0.532 e. The van der Waals surface area contributed by atoms with Crippen molar-refractivity contribution < 1.29 is 79.6 Å². The predicted octanol–water partition coefficient (Wildman–Crippen LogP) is -2.12. The molecule has 9 nitrogen and oxygen atoms in total. The molecule has 0 atom stereocenters. The number of rotatable bonds is 1. The Kier molecular flexibility index (Phi) is 8.94. The zero-order chi connectivity index (χ0) is 10.4. The number of carbonyl (C=O) groups excluding carboxylic acids is 1. The third-order valence-electron chi connectivity index (χ3n) is 0.451. The van der Waals surface area contributed by atoms with Crippen molar-refractivity contribution in [2.24, 2.45) is 0 Å². The van der Waals surface area contributed by atoms with Crippen LogP contribution in [0.1, 0.15) is 0 Å². The first kappa shape index (κ1) is 15.9. The monoisotopic (exact) mass is 352 g/mol. The molecule has 0 unspecified atom stereocenters. The SMILES string of the molecule is O=C(O)Op1oc(=O)o1.O=C([O-])[O-].[Ce]. The Morgan fingerprint density at radius 3 is 1.93 bits per heavy atom. The summed E-state index contributed by atoms with van der Waals surface area (Å²) in [6, 6.07) is 0. The fraction of sp³-hybridized carbons (Fsp3) is 0. The Balaban J connectivity index is 0. The summed E-state index contributed by atoms with van der Waals surface area (Å²) in [5, 5.41) is 24.5. The molecule has 14 heavy (non-hydrogen) atoms. The minimum atomic E-state index is -2.33. The first-order chi connectivity index (χ1) is 5.91. The molecule has 0 radical (unpaired) electrons. The summed E-state index contributed by atoms with van der Waals surface area (Å²) in [6.07, 6.45) is -3.85.